The predicted octanol–water partition coefficient (Wildman–Crippen LogP) is 4.30. The molecule has 0 atom stereocenters. The van der Waals surface area contributed by atoms with Crippen LogP contribution < -0.4 is 0 Å². The molecule has 146 valence electrons. The van der Waals surface area contributed by atoms with Crippen molar-refractivity contribution >= 4 is 17.2 Å². The molecule has 4 nitrogen and oxygen atoms in total. The van der Waals surface area contributed by atoms with Crippen molar-refractivity contribution in [1.29, 1.82) is 0 Å². The molecule has 1 saturated heterocycles. The van der Waals surface area contributed by atoms with Crippen molar-refractivity contribution in [2.75, 3.05) is 26.2 Å². The highest BCUT2D eigenvalue weighted by molar-refractivity contribution is 7.17. The van der Waals surface area contributed by atoms with Gasteiger partial charge in [-0.25, -0.2) is 4.98 Å². The van der Waals surface area contributed by atoms with E-state index in [4.69, 9.17) is 0 Å². The summed E-state index contributed by atoms with van der Waals surface area (Å²) in [7, 11) is 0. The van der Waals surface area contributed by atoms with Crippen molar-refractivity contribution in [3.63, 3.8) is 0 Å². The van der Waals surface area contributed by atoms with Crippen LogP contribution in [-0.4, -0.2) is 52.9 Å². The van der Waals surface area contributed by atoms with Crippen LogP contribution in [-0.2, 0) is 6.18 Å². The van der Waals surface area contributed by atoms with Crippen molar-refractivity contribution in [2.24, 2.45) is 0 Å². The Labute approximate surface area is 160 Å². The lowest BCUT2D eigenvalue weighted by Crippen LogP contribution is -2.50. The van der Waals surface area contributed by atoms with E-state index < -0.39 is 11.7 Å². The maximum atomic E-state index is 12.9. The van der Waals surface area contributed by atoms with Crippen LogP contribution in [0, 0.1) is 6.92 Å². The van der Waals surface area contributed by atoms with Gasteiger partial charge in [-0.15, -0.1) is 11.3 Å². The van der Waals surface area contributed by atoms with E-state index in [1.807, 2.05) is 4.90 Å². The molecule has 0 aliphatic carbocycles. The summed E-state index contributed by atoms with van der Waals surface area (Å²) < 4.78 is 38.1. The van der Waals surface area contributed by atoms with Crippen LogP contribution in [0.15, 0.2) is 24.3 Å². The number of thiazole rings is 1. The monoisotopic (exact) mass is 397 g/mol. The molecule has 0 radical (unpaired) electrons. The Hall–Kier alpha value is -1.93. The van der Waals surface area contributed by atoms with Crippen LogP contribution in [0.4, 0.5) is 13.2 Å². The van der Waals surface area contributed by atoms with E-state index >= 15 is 0 Å². The minimum Gasteiger partial charge on any atom is -0.335 e. The predicted molar refractivity (Wildman–Crippen MR) is 99.9 cm³/mol. The number of aryl methyl sites for hydroxylation is 1. The molecule has 0 N–H and O–H groups in total. The number of rotatable bonds is 3. The summed E-state index contributed by atoms with van der Waals surface area (Å²) in [5.41, 5.74) is 0.504. The van der Waals surface area contributed by atoms with Crippen LogP contribution in [0.25, 0.3) is 10.6 Å². The molecule has 3 rings (SSSR count). The molecule has 27 heavy (non-hydrogen) atoms. The average molecular weight is 397 g/mol. The second kappa shape index (κ2) is 7.59. The lowest BCUT2D eigenvalue weighted by Gasteiger charge is -2.36. The third kappa shape index (κ3) is 4.32. The zero-order valence-electron chi connectivity index (χ0n) is 15.5. The smallest absolute Gasteiger partial charge is 0.335 e. The number of carbonyl (C=O) groups excluding carboxylic acids is 1. The minimum absolute atomic E-state index is 0.0495. The molecular weight excluding hydrogens is 375 g/mol. The quantitative estimate of drug-likeness (QED) is 0.775. The summed E-state index contributed by atoms with van der Waals surface area (Å²) in [4.78, 5) is 22.0. The van der Waals surface area contributed by atoms with Gasteiger partial charge in [-0.1, -0.05) is 12.1 Å². The number of benzene rings is 1. The Bertz CT molecular complexity index is 807. The van der Waals surface area contributed by atoms with E-state index in [9.17, 15) is 18.0 Å². The first-order chi connectivity index (χ1) is 12.7. The highest BCUT2D eigenvalue weighted by atomic mass is 32.1. The zero-order valence-corrected chi connectivity index (χ0v) is 16.3. The van der Waals surface area contributed by atoms with Crippen molar-refractivity contribution in [3.05, 3.63) is 40.4 Å². The number of amides is 1. The highest BCUT2D eigenvalue weighted by Gasteiger charge is 2.30. The topological polar surface area (TPSA) is 36.4 Å². The molecule has 1 amide bonds. The van der Waals surface area contributed by atoms with E-state index in [-0.39, 0.29) is 5.91 Å². The molecule has 1 fully saturated rings. The number of carbonyl (C=O) groups is 1. The summed E-state index contributed by atoms with van der Waals surface area (Å²) in [6.45, 7) is 9.07. The largest absolute Gasteiger partial charge is 0.416 e. The molecule has 1 aliphatic rings. The van der Waals surface area contributed by atoms with Gasteiger partial charge >= 0.3 is 6.18 Å². The van der Waals surface area contributed by atoms with Gasteiger partial charge in [0.1, 0.15) is 9.88 Å². The van der Waals surface area contributed by atoms with Crippen LogP contribution in [0.5, 0.6) is 0 Å². The first kappa shape index (κ1) is 19.8. The number of piperazine rings is 1. The normalized spacial score (nSPS) is 16.2. The fourth-order valence-electron chi connectivity index (χ4n) is 3.11. The second-order valence-electron chi connectivity index (χ2n) is 6.93. The fraction of sp³-hybridized carbons (Fsp3) is 0.474. The van der Waals surface area contributed by atoms with Crippen LogP contribution >= 0.6 is 11.3 Å². The molecule has 1 aromatic carbocycles. The summed E-state index contributed by atoms with van der Waals surface area (Å²) in [6, 6.07) is 5.34. The van der Waals surface area contributed by atoms with Gasteiger partial charge in [-0.3, -0.25) is 9.69 Å². The van der Waals surface area contributed by atoms with Gasteiger partial charge in [0.05, 0.1) is 11.3 Å². The summed E-state index contributed by atoms with van der Waals surface area (Å²) in [5, 5.41) is 0.561. The molecule has 1 aromatic heterocycles. The molecule has 8 heteroatoms. The Morgan fingerprint density at radius 3 is 2.22 bits per heavy atom. The van der Waals surface area contributed by atoms with E-state index in [0.717, 1.165) is 25.2 Å². The highest BCUT2D eigenvalue weighted by Crippen LogP contribution is 2.33. The van der Waals surface area contributed by atoms with Crippen molar-refractivity contribution < 1.29 is 18.0 Å². The van der Waals surface area contributed by atoms with Gasteiger partial charge < -0.3 is 4.90 Å². The van der Waals surface area contributed by atoms with E-state index in [1.165, 1.54) is 23.5 Å². The molecule has 1 aliphatic heterocycles. The maximum Gasteiger partial charge on any atom is 0.416 e. The Balaban J connectivity index is 1.76. The Kier molecular flexibility index (Phi) is 5.58. The maximum absolute atomic E-state index is 12.9. The number of hydrogen-bond donors (Lipinski definition) is 0. The van der Waals surface area contributed by atoms with Gasteiger partial charge in [0.25, 0.3) is 5.91 Å². The second-order valence-corrected chi connectivity index (χ2v) is 7.93. The molecule has 2 aromatic rings. The van der Waals surface area contributed by atoms with E-state index in [1.54, 1.807) is 6.92 Å². The summed E-state index contributed by atoms with van der Waals surface area (Å²) in [6.07, 6.45) is -4.36. The number of alkyl halides is 3. The van der Waals surface area contributed by atoms with E-state index in [0.29, 0.717) is 40.3 Å². The van der Waals surface area contributed by atoms with Crippen molar-refractivity contribution in [2.45, 2.75) is 33.0 Å². The van der Waals surface area contributed by atoms with Crippen LogP contribution in [0.2, 0.25) is 0 Å². The van der Waals surface area contributed by atoms with Crippen LogP contribution in [0.1, 0.15) is 34.8 Å². The lowest BCUT2D eigenvalue weighted by atomic mass is 10.1. The molecule has 0 unspecified atom stereocenters. The molecule has 0 saturated carbocycles. The molecule has 2 heterocycles. The number of halogens is 3. The van der Waals surface area contributed by atoms with Crippen molar-refractivity contribution in [3.8, 4) is 10.6 Å². The van der Waals surface area contributed by atoms with E-state index in [2.05, 4.69) is 23.7 Å². The lowest BCUT2D eigenvalue weighted by molar-refractivity contribution is -0.137. The third-order valence-electron chi connectivity index (χ3n) is 4.78. The van der Waals surface area contributed by atoms with Gasteiger partial charge in [0, 0.05) is 37.8 Å². The fourth-order valence-corrected chi connectivity index (χ4v) is 4.14. The number of hydrogen-bond acceptors (Lipinski definition) is 4. The van der Waals surface area contributed by atoms with Gasteiger partial charge in [0.15, 0.2) is 0 Å². The summed E-state index contributed by atoms with van der Waals surface area (Å²) >= 11 is 1.24. The van der Waals surface area contributed by atoms with Gasteiger partial charge in [0.2, 0.25) is 0 Å². The molecular formula is C19H22F3N3OS. The SMILES string of the molecule is Cc1nc(-c2ccc(C(F)(F)F)cc2)sc1C(=O)N1CCN(C(C)C)CC1. The van der Waals surface area contributed by atoms with Crippen LogP contribution in [0.3, 0.4) is 0 Å². The van der Waals surface area contributed by atoms with Crippen molar-refractivity contribution in [1.82, 2.24) is 14.8 Å². The van der Waals surface area contributed by atoms with Gasteiger partial charge in [-0.05, 0) is 32.9 Å². The molecule has 0 bridgehead atoms. The number of aromatic nitrogens is 1. The first-order valence-electron chi connectivity index (χ1n) is 8.85. The third-order valence-corrected chi connectivity index (χ3v) is 5.98. The Morgan fingerprint density at radius 1 is 1.11 bits per heavy atom. The standard InChI is InChI=1S/C19H22F3N3OS/c1-12(2)24-8-10-25(11-9-24)18(26)16-13(3)23-17(27-16)14-4-6-15(7-5-14)19(20,21)22/h4-7,12H,8-11H2,1-3H3. The van der Waals surface area contributed by atoms with Gasteiger partial charge in [-0.2, -0.15) is 13.2 Å². The molecule has 0 spiro atoms. The Morgan fingerprint density at radius 2 is 1.70 bits per heavy atom. The minimum atomic E-state index is -4.36. The number of nitrogens with zero attached hydrogens (tertiary/aromatic N) is 3. The average Bonchev–Trinajstić information content (AvgIpc) is 3.02. The summed E-state index contributed by atoms with van der Waals surface area (Å²) in [5.74, 6) is -0.0495. The zero-order chi connectivity index (χ0) is 19.8. The first-order valence-corrected chi connectivity index (χ1v) is 9.67.